The molecular weight excluding hydrogens is 331 g/mol. The molecule has 23 heavy (non-hydrogen) atoms. The molecule has 0 fully saturated rings. The Kier molecular flexibility index (Phi) is 4.27. The number of non-ortho nitro benzene ring substituents is 1. The van der Waals surface area contributed by atoms with Crippen LogP contribution in [-0.4, -0.2) is 24.4 Å². The Bertz CT molecular complexity index is 897. The maximum absolute atomic E-state index is 13.1. The van der Waals surface area contributed by atoms with E-state index in [0.29, 0.717) is 0 Å². The van der Waals surface area contributed by atoms with E-state index in [-0.39, 0.29) is 5.69 Å². The van der Waals surface area contributed by atoms with E-state index in [2.05, 4.69) is 0 Å². The standard InChI is InChI=1S/C13H9FN2O6S/c14-8-2-1-3-10(6-8)23(21,22)15-12-5-4-9(16(19)20)7-11(12)13(17)18/h1-7,15H,(H,17,18). The SMILES string of the molecule is O=C(O)c1cc([N+](=O)[O-])ccc1NS(=O)(=O)c1cccc(F)c1. The summed E-state index contributed by atoms with van der Waals surface area (Å²) in [6.07, 6.45) is 0. The highest BCUT2D eigenvalue weighted by Crippen LogP contribution is 2.25. The van der Waals surface area contributed by atoms with Crippen molar-refractivity contribution in [2.24, 2.45) is 0 Å². The number of nitrogens with one attached hydrogen (secondary N) is 1. The number of carbonyl (C=O) groups is 1. The quantitative estimate of drug-likeness (QED) is 0.635. The van der Waals surface area contributed by atoms with Crippen molar-refractivity contribution in [3.63, 3.8) is 0 Å². The first-order valence-corrected chi connectivity index (χ1v) is 7.49. The van der Waals surface area contributed by atoms with Gasteiger partial charge in [0.25, 0.3) is 15.7 Å². The third-order valence-corrected chi connectivity index (χ3v) is 4.16. The van der Waals surface area contributed by atoms with Crippen LogP contribution < -0.4 is 4.72 Å². The van der Waals surface area contributed by atoms with Crippen LogP contribution in [-0.2, 0) is 10.0 Å². The Balaban J connectivity index is 2.47. The topological polar surface area (TPSA) is 127 Å². The normalized spacial score (nSPS) is 11.0. The molecule has 0 aliphatic heterocycles. The van der Waals surface area contributed by atoms with Crippen molar-refractivity contribution in [1.29, 1.82) is 0 Å². The molecule has 0 heterocycles. The van der Waals surface area contributed by atoms with Crippen LogP contribution in [0.25, 0.3) is 0 Å². The van der Waals surface area contributed by atoms with Gasteiger partial charge in [-0.05, 0) is 24.3 Å². The van der Waals surface area contributed by atoms with Gasteiger partial charge < -0.3 is 5.11 Å². The number of carboxylic acid groups (broad SMARTS) is 1. The smallest absolute Gasteiger partial charge is 0.338 e. The summed E-state index contributed by atoms with van der Waals surface area (Å²) < 4.78 is 39.4. The van der Waals surface area contributed by atoms with E-state index in [4.69, 9.17) is 5.11 Å². The third-order valence-electron chi connectivity index (χ3n) is 2.80. The van der Waals surface area contributed by atoms with E-state index < -0.39 is 42.9 Å². The lowest BCUT2D eigenvalue weighted by Gasteiger charge is -2.10. The van der Waals surface area contributed by atoms with Crippen LogP contribution in [0.1, 0.15) is 10.4 Å². The second-order valence-electron chi connectivity index (χ2n) is 4.36. The zero-order chi connectivity index (χ0) is 17.2. The molecule has 0 saturated heterocycles. The van der Waals surface area contributed by atoms with Gasteiger partial charge in [0.05, 0.1) is 21.1 Å². The molecule has 2 aromatic carbocycles. The minimum absolute atomic E-state index is 0.368. The molecule has 0 unspecified atom stereocenters. The number of hydrogen-bond acceptors (Lipinski definition) is 5. The van der Waals surface area contributed by atoms with Crippen LogP contribution in [0.5, 0.6) is 0 Å². The molecule has 0 spiro atoms. The molecule has 2 N–H and O–H groups in total. The van der Waals surface area contributed by atoms with E-state index in [0.717, 1.165) is 36.4 Å². The minimum atomic E-state index is -4.25. The number of aromatic carboxylic acids is 1. The van der Waals surface area contributed by atoms with Crippen molar-refractivity contribution in [2.45, 2.75) is 4.90 Å². The number of benzene rings is 2. The van der Waals surface area contributed by atoms with Gasteiger partial charge in [0.2, 0.25) is 0 Å². The van der Waals surface area contributed by atoms with Crippen LogP contribution in [0.15, 0.2) is 47.4 Å². The number of sulfonamides is 1. The Morgan fingerprint density at radius 1 is 1.22 bits per heavy atom. The van der Waals surface area contributed by atoms with Gasteiger partial charge in [-0.25, -0.2) is 17.6 Å². The number of nitrogens with zero attached hydrogens (tertiary/aromatic N) is 1. The van der Waals surface area contributed by atoms with Crippen molar-refractivity contribution >= 4 is 27.4 Å². The number of halogens is 1. The van der Waals surface area contributed by atoms with Crippen LogP contribution in [0.3, 0.4) is 0 Å². The summed E-state index contributed by atoms with van der Waals surface area (Å²) in [5.74, 6) is -2.33. The maximum Gasteiger partial charge on any atom is 0.338 e. The van der Waals surface area contributed by atoms with Gasteiger partial charge >= 0.3 is 5.97 Å². The number of carboxylic acids is 1. The lowest BCUT2D eigenvalue weighted by Crippen LogP contribution is -2.16. The van der Waals surface area contributed by atoms with Gasteiger partial charge in [-0.3, -0.25) is 14.8 Å². The van der Waals surface area contributed by atoms with E-state index in [1.54, 1.807) is 0 Å². The fraction of sp³-hybridized carbons (Fsp3) is 0. The first-order chi connectivity index (χ1) is 10.7. The van der Waals surface area contributed by atoms with Crippen molar-refractivity contribution in [3.8, 4) is 0 Å². The first kappa shape index (κ1) is 16.4. The van der Waals surface area contributed by atoms with Crippen molar-refractivity contribution < 1.29 is 27.6 Å². The number of anilines is 1. The summed E-state index contributed by atoms with van der Waals surface area (Å²) in [4.78, 5) is 20.6. The summed E-state index contributed by atoms with van der Waals surface area (Å²) in [5, 5.41) is 19.7. The Morgan fingerprint density at radius 2 is 1.91 bits per heavy atom. The molecular formula is C13H9FN2O6S. The van der Waals surface area contributed by atoms with E-state index in [1.165, 1.54) is 6.07 Å². The lowest BCUT2D eigenvalue weighted by molar-refractivity contribution is -0.384. The molecule has 2 rings (SSSR count). The summed E-state index contributed by atoms with van der Waals surface area (Å²) in [7, 11) is -4.25. The molecule has 0 aliphatic carbocycles. The Hall–Kier alpha value is -3.01. The van der Waals surface area contributed by atoms with Gasteiger partial charge in [0, 0.05) is 12.1 Å². The summed E-state index contributed by atoms with van der Waals surface area (Å²) in [6, 6.07) is 6.75. The third kappa shape index (κ3) is 3.61. The molecule has 2 aromatic rings. The van der Waals surface area contributed by atoms with Crippen molar-refractivity contribution in [1.82, 2.24) is 0 Å². The fourth-order valence-corrected chi connectivity index (χ4v) is 2.86. The first-order valence-electron chi connectivity index (χ1n) is 6.01. The second kappa shape index (κ2) is 6.01. The molecule has 0 radical (unpaired) electrons. The number of nitro benzene ring substituents is 1. The Labute approximate surface area is 129 Å². The molecule has 0 aliphatic rings. The average molecular weight is 340 g/mol. The van der Waals surface area contributed by atoms with Crippen molar-refractivity contribution in [3.05, 3.63) is 64.0 Å². The average Bonchev–Trinajstić information content (AvgIpc) is 2.46. The van der Waals surface area contributed by atoms with Gasteiger partial charge in [-0.15, -0.1) is 0 Å². The maximum atomic E-state index is 13.1. The van der Waals surface area contributed by atoms with Gasteiger partial charge in [-0.1, -0.05) is 6.07 Å². The molecule has 10 heteroatoms. The molecule has 0 bridgehead atoms. The van der Waals surface area contributed by atoms with E-state index in [9.17, 15) is 27.7 Å². The molecule has 8 nitrogen and oxygen atoms in total. The molecule has 0 saturated carbocycles. The lowest BCUT2D eigenvalue weighted by atomic mass is 10.1. The summed E-state index contributed by atoms with van der Waals surface area (Å²) >= 11 is 0. The van der Waals surface area contributed by atoms with Crippen LogP contribution in [0.4, 0.5) is 15.8 Å². The highest BCUT2D eigenvalue weighted by molar-refractivity contribution is 7.92. The van der Waals surface area contributed by atoms with E-state index >= 15 is 0 Å². The fourth-order valence-electron chi connectivity index (χ4n) is 1.75. The molecule has 0 atom stereocenters. The van der Waals surface area contributed by atoms with Gasteiger partial charge in [0.1, 0.15) is 5.82 Å². The van der Waals surface area contributed by atoms with Crippen LogP contribution in [0, 0.1) is 15.9 Å². The number of rotatable bonds is 5. The largest absolute Gasteiger partial charge is 0.478 e. The number of nitro groups is 1. The monoisotopic (exact) mass is 340 g/mol. The zero-order valence-electron chi connectivity index (χ0n) is 11.3. The molecule has 0 amide bonds. The van der Waals surface area contributed by atoms with Crippen LogP contribution >= 0.6 is 0 Å². The summed E-state index contributed by atoms with van der Waals surface area (Å²) in [6.45, 7) is 0. The minimum Gasteiger partial charge on any atom is -0.478 e. The van der Waals surface area contributed by atoms with Crippen LogP contribution in [0.2, 0.25) is 0 Å². The molecule has 0 aromatic heterocycles. The molecule has 120 valence electrons. The zero-order valence-corrected chi connectivity index (χ0v) is 12.1. The predicted octanol–water partition coefficient (Wildman–Crippen LogP) is 2.23. The highest BCUT2D eigenvalue weighted by atomic mass is 32.2. The van der Waals surface area contributed by atoms with Gasteiger partial charge in [-0.2, -0.15) is 0 Å². The summed E-state index contributed by atoms with van der Waals surface area (Å²) in [5.41, 5.74) is -1.47. The Morgan fingerprint density at radius 3 is 2.48 bits per heavy atom. The van der Waals surface area contributed by atoms with E-state index in [1.807, 2.05) is 4.72 Å². The van der Waals surface area contributed by atoms with Crippen molar-refractivity contribution in [2.75, 3.05) is 4.72 Å². The highest BCUT2D eigenvalue weighted by Gasteiger charge is 2.21. The second-order valence-corrected chi connectivity index (χ2v) is 6.04. The predicted molar refractivity (Wildman–Crippen MR) is 77.3 cm³/mol. The number of hydrogen-bond donors (Lipinski definition) is 2. The van der Waals surface area contributed by atoms with Gasteiger partial charge in [0.15, 0.2) is 0 Å².